The van der Waals surface area contributed by atoms with Gasteiger partial charge in [0.25, 0.3) is 11.8 Å². The Balaban J connectivity index is 1.44. The summed E-state index contributed by atoms with van der Waals surface area (Å²) in [7, 11) is 0. The summed E-state index contributed by atoms with van der Waals surface area (Å²) in [5, 5.41) is 10.1. The molecule has 0 spiro atoms. The van der Waals surface area contributed by atoms with E-state index in [0.29, 0.717) is 28.1 Å². The number of carbonyl (C=O) groups is 2. The molecule has 0 radical (unpaired) electrons. The second-order valence-electron chi connectivity index (χ2n) is 10.5. The van der Waals surface area contributed by atoms with Crippen LogP contribution in [0.15, 0.2) is 81.6 Å². The minimum absolute atomic E-state index is 0.0360. The fourth-order valence-corrected chi connectivity index (χ4v) is 8.04. The van der Waals surface area contributed by atoms with E-state index in [-0.39, 0.29) is 30.6 Å². The van der Waals surface area contributed by atoms with Gasteiger partial charge in [-0.15, -0.1) is 23.2 Å². The van der Waals surface area contributed by atoms with Crippen LogP contribution in [0, 0.1) is 5.92 Å². The van der Waals surface area contributed by atoms with Crippen molar-refractivity contribution in [2.75, 3.05) is 5.45 Å². The van der Waals surface area contributed by atoms with Crippen LogP contribution in [0.25, 0.3) is 5.69 Å². The largest absolute Gasteiger partial charge is 0.508 e. The number of nitrogens with zero attached hydrogens (tertiary/aromatic N) is 4. The van der Waals surface area contributed by atoms with Crippen LogP contribution >= 0.6 is 39.1 Å². The van der Waals surface area contributed by atoms with Gasteiger partial charge in [0.15, 0.2) is 9.75 Å². The van der Waals surface area contributed by atoms with Crippen molar-refractivity contribution in [3.63, 3.8) is 0 Å². The van der Waals surface area contributed by atoms with Crippen molar-refractivity contribution in [1.82, 2.24) is 18.8 Å². The number of rotatable bonds is 3. The number of aromatic hydroxyl groups is 1. The number of carbonyl (C=O) groups excluding carboxylic acids is 2. The first-order valence-corrected chi connectivity index (χ1v) is 14.7. The molecular weight excluding hydrogens is 639 g/mol. The molecule has 7 rings (SSSR count). The van der Waals surface area contributed by atoms with Crippen molar-refractivity contribution < 1.29 is 19.4 Å². The van der Waals surface area contributed by atoms with E-state index in [1.807, 2.05) is 0 Å². The molecule has 0 bridgehead atoms. The van der Waals surface area contributed by atoms with E-state index in [2.05, 4.69) is 15.9 Å². The number of fused-ring (bicyclic) bond motifs is 5. The Bertz CT molecular complexity index is 1850. The molecule has 41 heavy (non-hydrogen) atoms. The summed E-state index contributed by atoms with van der Waals surface area (Å²) in [6.07, 6.45) is 3.31. The highest BCUT2D eigenvalue weighted by Crippen LogP contribution is 2.62. The van der Waals surface area contributed by atoms with Gasteiger partial charge in [0.05, 0.1) is 30.0 Å². The molecule has 3 aromatic rings. The van der Waals surface area contributed by atoms with Crippen LogP contribution in [0.1, 0.15) is 18.0 Å². The topological polar surface area (TPSA) is 116 Å². The third-order valence-corrected chi connectivity index (χ3v) is 10.4. The molecule has 13 heteroatoms. The summed E-state index contributed by atoms with van der Waals surface area (Å²) in [4.78, 5) is 52.1. The highest BCUT2D eigenvalue weighted by Gasteiger charge is 2.75. The Kier molecular flexibility index (Phi) is 5.77. The van der Waals surface area contributed by atoms with Crippen molar-refractivity contribution in [1.29, 1.82) is 0 Å². The summed E-state index contributed by atoms with van der Waals surface area (Å²) < 4.78 is 9.59. The first-order chi connectivity index (χ1) is 19.6. The second-order valence-corrected chi connectivity index (χ2v) is 12.2. The third-order valence-electron chi connectivity index (χ3n) is 8.44. The fraction of sp³-hybridized carbons (Fsp3) is 0.286. The first-order valence-electron chi connectivity index (χ1n) is 12.8. The molecule has 2 amide bonds. The van der Waals surface area contributed by atoms with E-state index in [9.17, 15) is 24.3 Å². The Morgan fingerprint density at radius 1 is 1.02 bits per heavy atom. The van der Waals surface area contributed by atoms with Crippen molar-refractivity contribution in [2.45, 2.75) is 35.2 Å². The van der Waals surface area contributed by atoms with Gasteiger partial charge in [-0.2, -0.15) is 0 Å². The summed E-state index contributed by atoms with van der Waals surface area (Å²) in [6.45, 7) is 0.0360. The maximum atomic E-state index is 13.9. The van der Waals surface area contributed by atoms with Gasteiger partial charge >= 0.3 is 11.4 Å². The number of benzene rings is 2. The van der Waals surface area contributed by atoms with Gasteiger partial charge in [-0.1, -0.05) is 40.2 Å². The SMILES string of the molecule is O=C1N(CBr)C(=O)[C@@]2(Cl)[C@@H](C3=COc4ccc(O)cc4C3)C3=CCn4c(=O)n(-c5ccccc5)c(=O)n4[C@@H]3C[C@@]12Cl. The predicted molar refractivity (Wildman–Crippen MR) is 153 cm³/mol. The standard InChI is InChI=1S/C28H21BrCl2N4O6/c29-14-32-23(37)27(30)12-20-19(8-9-33-25(39)34(26(40)35(20)33)17-4-2-1-3-5-17)22(28(27,31)24(32)38)16-10-15-11-18(36)6-7-21(15)41-13-16/h1-8,11,13,20,22,36H,9-10,12,14H2/t20-,22+,27-,28+/m1/s1. The summed E-state index contributed by atoms with van der Waals surface area (Å²) >= 11 is 17.7. The molecule has 4 atom stereocenters. The van der Waals surface area contributed by atoms with E-state index in [4.69, 9.17) is 27.9 Å². The van der Waals surface area contributed by atoms with Crippen molar-refractivity contribution in [3.8, 4) is 17.2 Å². The highest BCUT2D eigenvalue weighted by molar-refractivity contribution is 9.09. The lowest BCUT2D eigenvalue weighted by atomic mass is 9.63. The number of halogens is 3. The monoisotopic (exact) mass is 658 g/mol. The van der Waals surface area contributed by atoms with Gasteiger partial charge in [0.2, 0.25) is 0 Å². The predicted octanol–water partition coefficient (Wildman–Crippen LogP) is 3.20. The number of imide groups is 1. The van der Waals surface area contributed by atoms with Gasteiger partial charge in [-0.3, -0.25) is 14.5 Å². The molecule has 2 fully saturated rings. The average molecular weight is 660 g/mol. The average Bonchev–Trinajstić information content (AvgIpc) is 3.30. The van der Waals surface area contributed by atoms with Crippen LogP contribution in [0.3, 0.4) is 0 Å². The van der Waals surface area contributed by atoms with Crippen LogP contribution in [-0.4, -0.2) is 51.0 Å². The smallest absolute Gasteiger partial charge is 0.352 e. The van der Waals surface area contributed by atoms with Crippen LogP contribution in [0.2, 0.25) is 0 Å². The van der Waals surface area contributed by atoms with Crippen molar-refractivity contribution in [3.05, 3.63) is 98.5 Å². The summed E-state index contributed by atoms with van der Waals surface area (Å²) in [5.74, 6) is -1.76. The number of hydrogen-bond donors (Lipinski definition) is 1. The quantitative estimate of drug-likeness (QED) is 0.200. The molecule has 210 valence electrons. The van der Waals surface area contributed by atoms with E-state index < -0.39 is 44.9 Å². The number of para-hydroxylation sites is 1. The zero-order chi connectivity index (χ0) is 28.8. The zero-order valence-electron chi connectivity index (χ0n) is 21.2. The van der Waals surface area contributed by atoms with E-state index in [1.165, 1.54) is 21.7 Å². The Labute approximate surface area is 250 Å². The van der Waals surface area contributed by atoms with E-state index in [1.54, 1.807) is 48.5 Å². The lowest BCUT2D eigenvalue weighted by molar-refractivity contribution is -0.138. The molecule has 1 N–H and O–H groups in total. The Morgan fingerprint density at radius 2 is 1.78 bits per heavy atom. The summed E-state index contributed by atoms with van der Waals surface area (Å²) in [5.41, 5.74) is 0.916. The normalized spacial score (nSPS) is 28.2. The van der Waals surface area contributed by atoms with Gasteiger partial charge in [0, 0.05) is 24.3 Å². The number of phenolic OH excluding ortho intramolecular Hbond substituents is 1. The lowest BCUT2D eigenvalue weighted by Gasteiger charge is -2.49. The van der Waals surface area contributed by atoms with Crippen LogP contribution < -0.4 is 16.1 Å². The number of aromatic nitrogens is 3. The van der Waals surface area contributed by atoms with Crippen LogP contribution in [0.4, 0.5) is 0 Å². The Morgan fingerprint density at radius 3 is 2.51 bits per heavy atom. The number of phenols is 1. The number of amides is 2. The van der Waals surface area contributed by atoms with E-state index >= 15 is 0 Å². The van der Waals surface area contributed by atoms with Crippen molar-refractivity contribution in [2.24, 2.45) is 5.92 Å². The molecule has 1 saturated carbocycles. The lowest BCUT2D eigenvalue weighted by Crippen LogP contribution is -2.61. The molecule has 1 saturated heterocycles. The molecule has 1 aliphatic carbocycles. The number of alkyl halides is 3. The number of allylic oxidation sites excluding steroid dienone is 3. The fourth-order valence-electron chi connectivity index (χ4n) is 6.62. The minimum Gasteiger partial charge on any atom is -0.508 e. The van der Waals surface area contributed by atoms with Gasteiger partial charge < -0.3 is 9.84 Å². The second kappa shape index (κ2) is 8.98. The number of likely N-dealkylation sites (tertiary alicyclic amines) is 1. The van der Waals surface area contributed by atoms with Crippen LogP contribution in [0.5, 0.6) is 11.5 Å². The van der Waals surface area contributed by atoms with E-state index in [0.717, 1.165) is 9.47 Å². The molecule has 10 nitrogen and oxygen atoms in total. The van der Waals surface area contributed by atoms with Crippen LogP contribution in [-0.2, 0) is 22.6 Å². The molecule has 1 aromatic heterocycles. The number of ether oxygens (including phenoxy) is 1. The zero-order valence-corrected chi connectivity index (χ0v) is 24.3. The van der Waals surface area contributed by atoms with Crippen molar-refractivity contribution >= 4 is 50.9 Å². The molecule has 4 heterocycles. The molecule has 3 aliphatic heterocycles. The highest BCUT2D eigenvalue weighted by atomic mass is 79.9. The number of hydrogen-bond acceptors (Lipinski definition) is 6. The molecule has 0 unspecified atom stereocenters. The third kappa shape index (κ3) is 3.36. The van der Waals surface area contributed by atoms with Gasteiger partial charge in [-0.25, -0.2) is 23.5 Å². The molecule has 2 aromatic carbocycles. The van der Waals surface area contributed by atoms with Gasteiger partial charge in [-0.05, 0) is 41.5 Å². The minimum atomic E-state index is -1.95. The maximum Gasteiger partial charge on any atom is 0.352 e. The first kappa shape index (κ1) is 26.4. The molecular formula is C28H21BrCl2N4O6. The summed E-state index contributed by atoms with van der Waals surface area (Å²) in [6, 6.07) is 12.4. The van der Waals surface area contributed by atoms with Gasteiger partial charge in [0.1, 0.15) is 11.5 Å². The molecule has 4 aliphatic rings. The Hall–Kier alpha value is -3.54. The maximum absolute atomic E-state index is 13.9.